The van der Waals surface area contributed by atoms with Crippen molar-refractivity contribution in [3.8, 4) is 0 Å². The zero-order valence-corrected chi connectivity index (χ0v) is 9.87. The van der Waals surface area contributed by atoms with Gasteiger partial charge in [0.15, 0.2) is 0 Å². The Labute approximate surface area is 101 Å². The van der Waals surface area contributed by atoms with E-state index in [1.807, 2.05) is 18.2 Å². The number of nitrogens with zero attached hydrogens (tertiary/aromatic N) is 3. The van der Waals surface area contributed by atoms with Crippen LogP contribution in [0.2, 0.25) is 0 Å². The molecule has 0 radical (unpaired) electrons. The lowest BCUT2D eigenvalue weighted by Crippen LogP contribution is -2.23. The van der Waals surface area contributed by atoms with E-state index in [0.29, 0.717) is 5.82 Å². The molecule has 0 saturated heterocycles. The maximum Gasteiger partial charge on any atom is 0.149 e. The van der Waals surface area contributed by atoms with E-state index in [1.165, 1.54) is 5.56 Å². The molecular formula is C13H16N4. The van der Waals surface area contributed by atoms with E-state index in [1.54, 1.807) is 12.4 Å². The number of hydrogen-bond donors (Lipinski definition) is 1. The number of rotatable bonds is 4. The number of nitrogens with two attached hydrogens (primary N) is 1. The van der Waals surface area contributed by atoms with Crippen LogP contribution in [0.4, 0.5) is 11.6 Å². The second-order valence-corrected chi connectivity index (χ2v) is 3.80. The molecule has 1 aromatic heterocycles. The highest BCUT2D eigenvalue weighted by Crippen LogP contribution is 2.14. The monoisotopic (exact) mass is 228 g/mol. The fraction of sp³-hybridized carbons (Fsp3) is 0.231. The third kappa shape index (κ3) is 2.93. The van der Waals surface area contributed by atoms with Gasteiger partial charge in [-0.25, -0.2) is 4.98 Å². The molecule has 88 valence electrons. The minimum absolute atomic E-state index is 0.453. The molecule has 4 heteroatoms. The maximum atomic E-state index is 5.64. The zero-order chi connectivity index (χ0) is 12.1. The molecule has 0 bridgehead atoms. The summed E-state index contributed by atoms with van der Waals surface area (Å²) in [5.41, 5.74) is 6.89. The first-order valence-corrected chi connectivity index (χ1v) is 5.66. The summed E-state index contributed by atoms with van der Waals surface area (Å²) in [6.45, 7) is 3.77. The van der Waals surface area contributed by atoms with Crippen LogP contribution >= 0.6 is 0 Å². The summed E-state index contributed by atoms with van der Waals surface area (Å²) in [6.07, 6.45) is 3.29. The summed E-state index contributed by atoms with van der Waals surface area (Å²) < 4.78 is 0. The van der Waals surface area contributed by atoms with Crippen LogP contribution < -0.4 is 10.6 Å². The second-order valence-electron chi connectivity index (χ2n) is 3.80. The highest BCUT2D eigenvalue weighted by atomic mass is 15.2. The summed E-state index contributed by atoms with van der Waals surface area (Å²) in [5, 5.41) is 0. The van der Waals surface area contributed by atoms with E-state index in [9.17, 15) is 0 Å². The van der Waals surface area contributed by atoms with Gasteiger partial charge in [-0.3, -0.25) is 4.98 Å². The van der Waals surface area contributed by atoms with Crippen LogP contribution in [0.5, 0.6) is 0 Å². The van der Waals surface area contributed by atoms with Crippen LogP contribution in [-0.2, 0) is 6.54 Å². The fourth-order valence-corrected chi connectivity index (χ4v) is 1.68. The smallest absolute Gasteiger partial charge is 0.149 e. The van der Waals surface area contributed by atoms with Gasteiger partial charge in [0.25, 0.3) is 0 Å². The molecule has 0 amide bonds. The molecule has 2 rings (SSSR count). The van der Waals surface area contributed by atoms with Gasteiger partial charge in [-0.1, -0.05) is 30.3 Å². The molecule has 0 fully saturated rings. The van der Waals surface area contributed by atoms with E-state index < -0.39 is 0 Å². The van der Waals surface area contributed by atoms with Gasteiger partial charge in [0.2, 0.25) is 0 Å². The van der Waals surface area contributed by atoms with E-state index in [-0.39, 0.29) is 0 Å². The third-order valence-corrected chi connectivity index (χ3v) is 2.56. The molecule has 4 nitrogen and oxygen atoms in total. The predicted octanol–water partition coefficient (Wildman–Crippen LogP) is 2.09. The first kappa shape index (κ1) is 11.4. The standard InChI is InChI=1S/C13H16N4/c1-2-17(10-11-6-4-3-5-7-11)13-9-15-8-12(14)16-13/h3-9H,2,10H2,1H3,(H2,14,16). The molecular weight excluding hydrogens is 212 g/mol. The Hall–Kier alpha value is -2.10. The normalized spacial score (nSPS) is 10.2. The van der Waals surface area contributed by atoms with Crippen molar-refractivity contribution in [1.82, 2.24) is 9.97 Å². The summed E-state index contributed by atoms with van der Waals surface area (Å²) in [6, 6.07) is 10.3. The van der Waals surface area contributed by atoms with Crippen molar-refractivity contribution in [3.63, 3.8) is 0 Å². The average Bonchev–Trinajstić information content (AvgIpc) is 2.37. The molecule has 0 unspecified atom stereocenters. The lowest BCUT2D eigenvalue weighted by atomic mass is 10.2. The first-order chi connectivity index (χ1) is 8.29. The van der Waals surface area contributed by atoms with E-state index in [0.717, 1.165) is 18.9 Å². The maximum absolute atomic E-state index is 5.64. The van der Waals surface area contributed by atoms with Gasteiger partial charge in [-0.2, -0.15) is 0 Å². The van der Waals surface area contributed by atoms with Crippen molar-refractivity contribution in [1.29, 1.82) is 0 Å². The predicted molar refractivity (Wildman–Crippen MR) is 69.6 cm³/mol. The summed E-state index contributed by atoms with van der Waals surface area (Å²) in [7, 11) is 0. The summed E-state index contributed by atoms with van der Waals surface area (Å²) in [5.74, 6) is 1.27. The Morgan fingerprint density at radius 2 is 1.94 bits per heavy atom. The van der Waals surface area contributed by atoms with Crippen LogP contribution in [-0.4, -0.2) is 16.5 Å². The molecule has 0 spiro atoms. The Bertz CT molecular complexity index is 470. The van der Waals surface area contributed by atoms with Crippen LogP contribution in [0, 0.1) is 0 Å². The van der Waals surface area contributed by atoms with Gasteiger partial charge in [-0.05, 0) is 12.5 Å². The highest BCUT2D eigenvalue weighted by Gasteiger charge is 2.07. The van der Waals surface area contributed by atoms with E-state index in [2.05, 4.69) is 33.9 Å². The van der Waals surface area contributed by atoms with Crippen molar-refractivity contribution in [2.75, 3.05) is 17.2 Å². The van der Waals surface area contributed by atoms with Crippen molar-refractivity contribution in [3.05, 3.63) is 48.3 Å². The van der Waals surface area contributed by atoms with Crippen LogP contribution in [0.3, 0.4) is 0 Å². The van der Waals surface area contributed by atoms with Crippen LogP contribution in [0.1, 0.15) is 12.5 Å². The minimum atomic E-state index is 0.453. The number of hydrogen-bond acceptors (Lipinski definition) is 4. The summed E-state index contributed by atoms with van der Waals surface area (Å²) in [4.78, 5) is 10.5. The van der Waals surface area contributed by atoms with Crippen LogP contribution in [0.25, 0.3) is 0 Å². The fourth-order valence-electron chi connectivity index (χ4n) is 1.68. The van der Waals surface area contributed by atoms with E-state index in [4.69, 9.17) is 5.73 Å². The van der Waals surface area contributed by atoms with Crippen molar-refractivity contribution in [2.45, 2.75) is 13.5 Å². The Morgan fingerprint density at radius 1 is 1.18 bits per heavy atom. The molecule has 0 aliphatic carbocycles. The number of benzene rings is 1. The Balaban J connectivity index is 2.17. The summed E-state index contributed by atoms with van der Waals surface area (Å²) >= 11 is 0. The lowest BCUT2D eigenvalue weighted by molar-refractivity contribution is 0.810. The van der Waals surface area contributed by atoms with Gasteiger partial charge in [0.05, 0.1) is 12.4 Å². The number of nitrogen functional groups attached to an aromatic ring is 1. The molecule has 17 heavy (non-hydrogen) atoms. The Morgan fingerprint density at radius 3 is 2.59 bits per heavy atom. The SMILES string of the molecule is CCN(Cc1ccccc1)c1cncc(N)n1. The molecule has 0 aliphatic rings. The number of anilines is 2. The molecule has 1 aromatic carbocycles. The van der Waals surface area contributed by atoms with Crippen molar-refractivity contribution >= 4 is 11.6 Å². The highest BCUT2D eigenvalue weighted by molar-refractivity contribution is 5.42. The molecule has 2 N–H and O–H groups in total. The minimum Gasteiger partial charge on any atom is -0.382 e. The van der Waals surface area contributed by atoms with Crippen molar-refractivity contribution < 1.29 is 0 Å². The largest absolute Gasteiger partial charge is 0.382 e. The van der Waals surface area contributed by atoms with Crippen LogP contribution in [0.15, 0.2) is 42.7 Å². The molecule has 0 saturated carbocycles. The average molecular weight is 228 g/mol. The quantitative estimate of drug-likeness (QED) is 0.870. The molecule has 0 atom stereocenters. The molecule has 1 heterocycles. The van der Waals surface area contributed by atoms with Gasteiger partial charge < -0.3 is 10.6 Å². The second kappa shape index (κ2) is 5.30. The zero-order valence-electron chi connectivity index (χ0n) is 9.87. The molecule has 2 aromatic rings. The molecule has 0 aliphatic heterocycles. The van der Waals surface area contributed by atoms with Gasteiger partial charge in [0, 0.05) is 13.1 Å². The number of aromatic nitrogens is 2. The van der Waals surface area contributed by atoms with Crippen molar-refractivity contribution in [2.24, 2.45) is 0 Å². The van der Waals surface area contributed by atoms with Gasteiger partial charge in [-0.15, -0.1) is 0 Å². The first-order valence-electron chi connectivity index (χ1n) is 5.66. The lowest BCUT2D eigenvalue weighted by Gasteiger charge is -2.21. The topological polar surface area (TPSA) is 55.0 Å². The Kier molecular flexibility index (Phi) is 3.55. The van der Waals surface area contributed by atoms with Gasteiger partial charge in [0.1, 0.15) is 11.6 Å². The van der Waals surface area contributed by atoms with E-state index >= 15 is 0 Å². The van der Waals surface area contributed by atoms with Gasteiger partial charge >= 0.3 is 0 Å². The third-order valence-electron chi connectivity index (χ3n) is 2.56.